The van der Waals surface area contributed by atoms with Gasteiger partial charge in [-0.3, -0.25) is 4.90 Å². The minimum atomic E-state index is 0.268. The summed E-state index contributed by atoms with van der Waals surface area (Å²) in [5.74, 6) is 0.753. The standard InChI is InChI=1S/C17H36N2O2/c1-6-17(4)14-19(8-7-9-21-11-10-20-5)16(13-18-17)12-15(2)3/h15-16,18H,6-14H2,1-5H3. The number of rotatable bonds is 10. The second-order valence-electron chi connectivity index (χ2n) is 7.01. The van der Waals surface area contributed by atoms with Gasteiger partial charge in [-0.05, 0) is 32.1 Å². The van der Waals surface area contributed by atoms with Crippen LogP contribution >= 0.6 is 0 Å². The van der Waals surface area contributed by atoms with Crippen LogP contribution in [0.4, 0.5) is 0 Å². The average Bonchev–Trinajstić information content (AvgIpc) is 2.45. The van der Waals surface area contributed by atoms with Gasteiger partial charge in [0, 0.05) is 44.9 Å². The molecule has 1 heterocycles. The van der Waals surface area contributed by atoms with Crippen molar-refractivity contribution >= 4 is 0 Å². The molecular weight excluding hydrogens is 264 g/mol. The number of hydrogen-bond acceptors (Lipinski definition) is 4. The molecule has 1 rings (SSSR count). The summed E-state index contributed by atoms with van der Waals surface area (Å²) in [7, 11) is 1.71. The third-order valence-corrected chi connectivity index (χ3v) is 4.52. The lowest BCUT2D eigenvalue weighted by molar-refractivity contribution is 0.0442. The van der Waals surface area contributed by atoms with Gasteiger partial charge in [0.25, 0.3) is 0 Å². The third-order valence-electron chi connectivity index (χ3n) is 4.52. The summed E-state index contributed by atoms with van der Waals surface area (Å²) in [6, 6.07) is 0.670. The van der Waals surface area contributed by atoms with Crippen molar-refractivity contribution in [3.8, 4) is 0 Å². The first kappa shape index (κ1) is 18.9. The molecule has 0 amide bonds. The predicted molar refractivity (Wildman–Crippen MR) is 88.8 cm³/mol. The molecule has 1 saturated heterocycles. The van der Waals surface area contributed by atoms with Gasteiger partial charge >= 0.3 is 0 Å². The van der Waals surface area contributed by atoms with Crippen LogP contribution in [0.3, 0.4) is 0 Å². The highest BCUT2D eigenvalue weighted by atomic mass is 16.5. The van der Waals surface area contributed by atoms with E-state index in [1.165, 1.54) is 12.8 Å². The number of hydrogen-bond donors (Lipinski definition) is 1. The average molecular weight is 300 g/mol. The van der Waals surface area contributed by atoms with E-state index < -0.39 is 0 Å². The maximum atomic E-state index is 5.59. The van der Waals surface area contributed by atoms with Gasteiger partial charge in [-0.25, -0.2) is 0 Å². The Labute approximate surface area is 131 Å². The zero-order valence-corrected chi connectivity index (χ0v) is 14.8. The first-order chi connectivity index (χ1) is 10.0. The number of ether oxygens (including phenoxy) is 2. The first-order valence-electron chi connectivity index (χ1n) is 8.56. The van der Waals surface area contributed by atoms with E-state index in [0.29, 0.717) is 19.3 Å². The van der Waals surface area contributed by atoms with Crippen molar-refractivity contribution in [2.45, 2.75) is 58.5 Å². The number of methoxy groups -OCH3 is 1. The smallest absolute Gasteiger partial charge is 0.0700 e. The van der Waals surface area contributed by atoms with E-state index in [9.17, 15) is 0 Å². The van der Waals surface area contributed by atoms with Gasteiger partial charge in [0.1, 0.15) is 0 Å². The van der Waals surface area contributed by atoms with Crippen LogP contribution in [0.25, 0.3) is 0 Å². The summed E-state index contributed by atoms with van der Waals surface area (Å²) < 4.78 is 10.6. The van der Waals surface area contributed by atoms with Gasteiger partial charge in [0.15, 0.2) is 0 Å². The Morgan fingerprint density at radius 1 is 1.29 bits per heavy atom. The lowest BCUT2D eigenvalue weighted by Gasteiger charge is -2.46. The SMILES string of the molecule is CCC1(C)CN(CCCOCCOC)C(CC(C)C)CN1. The van der Waals surface area contributed by atoms with Crippen molar-refractivity contribution in [3.05, 3.63) is 0 Å². The molecule has 0 spiro atoms. The number of nitrogens with one attached hydrogen (secondary N) is 1. The monoisotopic (exact) mass is 300 g/mol. The highest BCUT2D eigenvalue weighted by molar-refractivity contribution is 4.94. The molecule has 1 fully saturated rings. The van der Waals surface area contributed by atoms with E-state index in [1.54, 1.807) is 7.11 Å². The normalized spacial score (nSPS) is 27.4. The van der Waals surface area contributed by atoms with Gasteiger partial charge < -0.3 is 14.8 Å². The maximum absolute atomic E-state index is 5.59. The van der Waals surface area contributed by atoms with Gasteiger partial charge in [-0.15, -0.1) is 0 Å². The molecule has 1 aliphatic heterocycles. The minimum Gasteiger partial charge on any atom is -0.382 e. The molecule has 0 radical (unpaired) electrons. The van der Waals surface area contributed by atoms with Crippen molar-refractivity contribution in [3.63, 3.8) is 0 Å². The highest BCUT2D eigenvalue weighted by Gasteiger charge is 2.34. The van der Waals surface area contributed by atoms with Crippen molar-refractivity contribution in [1.82, 2.24) is 10.2 Å². The molecule has 0 aromatic carbocycles. The van der Waals surface area contributed by atoms with Crippen molar-refractivity contribution in [2.75, 3.05) is 46.6 Å². The highest BCUT2D eigenvalue weighted by Crippen LogP contribution is 2.22. The Morgan fingerprint density at radius 2 is 2.05 bits per heavy atom. The fraction of sp³-hybridized carbons (Fsp3) is 1.00. The second-order valence-corrected chi connectivity index (χ2v) is 7.01. The van der Waals surface area contributed by atoms with Gasteiger partial charge in [0.05, 0.1) is 13.2 Å². The van der Waals surface area contributed by atoms with E-state index in [2.05, 4.69) is 37.9 Å². The van der Waals surface area contributed by atoms with Crippen LogP contribution in [0.5, 0.6) is 0 Å². The Balaban J connectivity index is 2.39. The second kappa shape index (κ2) is 9.78. The summed E-state index contributed by atoms with van der Waals surface area (Å²) in [6.45, 7) is 14.9. The lowest BCUT2D eigenvalue weighted by Crippen LogP contribution is -2.63. The largest absolute Gasteiger partial charge is 0.382 e. The molecule has 21 heavy (non-hydrogen) atoms. The van der Waals surface area contributed by atoms with Gasteiger partial charge in [-0.2, -0.15) is 0 Å². The van der Waals surface area contributed by atoms with Crippen LogP contribution in [0, 0.1) is 5.92 Å². The maximum Gasteiger partial charge on any atom is 0.0700 e. The van der Waals surface area contributed by atoms with Crippen LogP contribution < -0.4 is 5.32 Å². The summed E-state index contributed by atoms with van der Waals surface area (Å²) in [6.07, 6.45) is 3.57. The topological polar surface area (TPSA) is 33.7 Å². The molecule has 0 aliphatic carbocycles. The molecule has 1 N–H and O–H groups in total. The van der Waals surface area contributed by atoms with Crippen LogP contribution in [0.1, 0.15) is 47.0 Å². The van der Waals surface area contributed by atoms with Crippen molar-refractivity contribution < 1.29 is 9.47 Å². The van der Waals surface area contributed by atoms with E-state index in [0.717, 1.165) is 38.6 Å². The van der Waals surface area contributed by atoms with Gasteiger partial charge in [0.2, 0.25) is 0 Å². The summed E-state index contributed by atoms with van der Waals surface area (Å²) >= 11 is 0. The molecule has 4 heteroatoms. The molecule has 0 bridgehead atoms. The Bertz CT molecular complexity index is 274. The molecule has 2 unspecified atom stereocenters. The Kier molecular flexibility index (Phi) is 8.79. The molecule has 0 aromatic heterocycles. The van der Waals surface area contributed by atoms with E-state index in [-0.39, 0.29) is 5.54 Å². The van der Waals surface area contributed by atoms with E-state index in [1.807, 2.05) is 0 Å². The fourth-order valence-corrected chi connectivity index (χ4v) is 3.02. The van der Waals surface area contributed by atoms with Crippen LogP contribution in [-0.4, -0.2) is 63.0 Å². The van der Waals surface area contributed by atoms with Crippen molar-refractivity contribution in [1.29, 1.82) is 0 Å². The fourth-order valence-electron chi connectivity index (χ4n) is 3.02. The van der Waals surface area contributed by atoms with E-state index in [4.69, 9.17) is 9.47 Å². The molecule has 126 valence electrons. The Hall–Kier alpha value is -0.160. The molecule has 4 nitrogen and oxygen atoms in total. The third kappa shape index (κ3) is 7.09. The molecule has 0 aromatic rings. The molecule has 2 atom stereocenters. The molecule has 0 saturated carbocycles. The quantitative estimate of drug-likeness (QED) is 0.629. The zero-order chi connectivity index (χ0) is 15.7. The van der Waals surface area contributed by atoms with Crippen LogP contribution in [0.15, 0.2) is 0 Å². The van der Waals surface area contributed by atoms with Crippen molar-refractivity contribution in [2.24, 2.45) is 5.92 Å². The molecule has 1 aliphatic rings. The van der Waals surface area contributed by atoms with Crippen LogP contribution in [0.2, 0.25) is 0 Å². The summed E-state index contributed by atoms with van der Waals surface area (Å²) in [5, 5.41) is 3.76. The number of piperazine rings is 1. The summed E-state index contributed by atoms with van der Waals surface area (Å²) in [4.78, 5) is 2.68. The Morgan fingerprint density at radius 3 is 2.67 bits per heavy atom. The predicted octanol–water partition coefficient (Wildman–Crippen LogP) is 2.53. The molecular formula is C17H36N2O2. The van der Waals surface area contributed by atoms with Crippen LogP contribution in [-0.2, 0) is 9.47 Å². The summed E-state index contributed by atoms with van der Waals surface area (Å²) in [5.41, 5.74) is 0.268. The van der Waals surface area contributed by atoms with Gasteiger partial charge in [-0.1, -0.05) is 20.8 Å². The number of nitrogens with zero attached hydrogens (tertiary/aromatic N) is 1. The minimum absolute atomic E-state index is 0.268. The zero-order valence-electron chi connectivity index (χ0n) is 14.8. The lowest BCUT2D eigenvalue weighted by atomic mass is 9.90. The first-order valence-corrected chi connectivity index (χ1v) is 8.56. The van der Waals surface area contributed by atoms with E-state index >= 15 is 0 Å².